The molecule has 0 aliphatic heterocycles. The van der Waals surface area contributed by atoms with Crippen LogP contribution in [0.5, 0.6) is 0 Å². The molecular weight excluding hydrogens is 292 g/mol. The van der Waals surface area contributed by atoms with Crippen LogP contribution in [0.4, 0.5) is 5.95 Å². The van der Waals surface area contributed by atoms with Crippen LogP contribution in [0.15, 0.2) is 17.3 Å². The Hall–Kier alpha value is -1.25. The zero-order chi connectivity index (χ0) is 15.7. The normalized spacial score (nSPS) is 13.1. The molecule has 1 rings (SSSR count). The molecule has 1 atom stereocenters. The van der Waals surface area contributed by atoms with Crippen LogP contribution in [-0.2, 0) is 14.8 Å². The molecule has 0 aromatic carbocycles. The van der Waals surface area contributed by atoms with Gasteiger partial charge in [-0.05, 0) is 12.8 Å². The second-order valence-corrected chi connectivity index (χ2v) is 6.45. The van der Waals surface area contributed by atoms with E-state index >= 15 is 0 Å². The van der Waals surface area contributed by atoms with Gasteiger partial charge in [0.15, 0.2) is 0 Å². The van der Waals surface area contributed by atoms with Crippen molar-refractivity contribution in [3.63, 3.8) is 0 Å². The number of hydrogen-bond acceptors (Lipinski definition) is 6. The summed E-state index contributed by atoms with van der Waals surface area (Å²) in [6.07, 6.45) is 5.14. The minimum Gasteiger partial charge on any atom is -0.383 e. The Labute approximate surface area is 126 Å². The van der Waals surface area contributed by atoms with Crippen LogP contribution in [0.3, 0.4) is 0 Å². The minimum absolute atomic E-state index is 0.0572. The lowest BCUT2D eigenvalue weighted by Gasteiger charge is -2.17. The highest BCUT2D eigenvalue weighted by molar-refractivity contribution is 7.89. The fourth-order valence-corrected chi connectivity index (χ4v) is 2.94. The second kappa shape index (κ2) is 8.91. The van der Waals surface area contributed by atoms with E-state index in [0.717, 1.165) is 19.4 Å². The van der Waals surface area contributed by atoms with Gasteiger partial charge in [-0.2, -0.15) is 0 Å². The maximum atomic E-state index is 12.3. The first-order valence-electron chi connectivity index (χ1n) is 7.10. The van der Waals surface area contributed by atoms with E-state index in [4.69, 9.17) is 4.74 Å². The summed E-state index contributed by atoms with van der Waals surface area (Å²) in [4.78, 5) is 8.08. The predicted molar refractivity (Wildman–Crippen MR) is 81.7 cm³/mol. The van der Waals surface area contributed by atoms with Crippen LogP contribution in [0.2, 0.25) is 0 Å². The molecule has 7 nitrogen and oxygen atoms in total. The van der Waals surface area contributed by atoms with Crippen molar-refractivity contribution in [3.05, 3.63) is 12.4 Å². The Balaban J connectivity index is 2.76. The van der Waals surface area contributed by atoms with Crippen molar-refractivity contribution in [1.82, 2.24) is 14.7 Å². The van der Waals surface area contributed by atoms with Gasteiger partial charge in [0, 0.05) is 19.7 Å². The number of aromatic nitrogens is 2. The Morgan fingerprint density at radius 1 is 1.24 bits per heavy atom. The van der Waals surface area contributed by atoms with Gasteiger partial charge < -0.3 is 10.1 Å². The summed E-state index contributed by atoms with van der Waals surface area (Å²) in [6, 6.07) is -0.247. The third-order valence-corrected chi connectivity index (χ3v) is 4.27. The minimum atomic E-state index is -3.62. The number of hydrogen-bond donors (Lipinski definition) is 2. The van der Waals surface area contributed by atoms with Gasteiger partial charge >= 0.3 is 0 Å². The van der Waals surface area contributed by atoms with Crippen molar-refractivity contribution in [2.75, 3.05) is 25.6 Å². The number of sulfonamides is 1. The first-order valence-corrected chi connectivity index (χ1v) is 8.59. The molecule has 1 heterocycles. The maximum absolute atomic E-state index is 12.3. The van der Waals surface area contributed by atoms with Crippen LogP contribution < -0.4 is 10.0 Å². The Kier molecular flexibility index (Phi) is 7.55. The van der Waals surface area contributed by atoms with Gasteiger partial charge in [0.25, 0.3) is 0 Å². The number of nitrogens with one attached hydrogen (secondary N) is 2. The summed E-state index contributed by atoms with van der Waals surface area (Å²) in [7, 11) is -2.07. The molecule has 1 aromatic rings. The number of methoxy groups -OCH3 is 1. The van der Waals surface area contributed by atoms with Gasteiger partial charge in [-0.15, -0.1) is 0 Å². The van der Waals surface area contributed by atoms with Gasteiger partial charge in [0.2, 0.25) is 16.0 Å². The molecule has 2 N–H and O–H groups in total. The largest absolute Gasteiger partial charge is 0.383 e. The first kappa shape index (κ1) is 17.8. The van der Waals surface area contributed by atoms with E-state index in [0.29, 0.717) is 19.0 Å². The number of ether oxygens (including phenoxy) is 1. The third-order valence-electron chi connectivity index (χ3n) is 2.80. The smallest absolute Gasteiger partial charge is 0.243 e. The quantitative estimate of drug-likeness (QED) is 0.677. The van der Waals surface area contributed by atoms with Crippen molar-refractivity contribution in [1.29, 1.82) is 0 Å². The highest BCUT2D eigenvalue weighted by Gasteiger charge is 2.20. The average molecular weight is 316 g/mol. The van der Waals surface area contributed by atoms with Crippen LogP contribution in [0, 0.1) is 0 Å². The molecular formula is C13H24N4O3S. The second-order valence-electron chi connectivity index (χ2n) is 4.73. The predicted octanol–water partition coefficient (Wildman–Crippen LogP) is 1.39. The molecule has 0 radical (unpaired) electrons. The van der Waals surface area contributed by atoms with Crippen molar-refractivity contribution < 1.29 is 13.2 Å². The third kappa shape index (κ3) is 5.94. The molecule has 0 aliphatic rings. The van der Waals surface area contributed by atoms with Crippen LogP contribution in [0.1, 0.15) is 33.1 Å². The summed E-state index contributed by atoms with van der Waals surface area (Å²) >= 11 is 0. The van der Waals surface area contributed by atoms with E-state index in [1.807, 2.05) is 13.8 Å². The topological polar surface area (TPSA) is 93.2 Å². The summed E-state index contributed by atoms with van der Waals surface area (Å²) in [5, 5.41) is 3.00. The molecule has 8 heteroatoms. The van der Waals surface area contributed by atoms with Crippen molar-refractivity contribution in [2.45, 2.75) is 44.0 Å². The zero-order valence-corrected chi connectivity index (χ0v) is 13.6. The molecule has 0 spiro atoms. The Morgan fingerprint density at radius 3 is 2.43 bits per heavy atom. The van der Waals surface area contributed by atoms with Crippen LogP contribution in [-0.4, -0.2) is 44.7 Å². The lowest BCUT2D eigenvalue weighted by molar-refractivity contribution is 0.171. The summed E-state index contributed by atoms with van der Waals surface area (Å²) < 4.78 is 32.2. The van der Waals surface area contributed by atoms with Gasteiger partial charge in [-0.3, -0.25) is 0 Å². The van der Waals surface area contributed by atoms with Crippen molar-refractivity contribution >= 4 is 16.0 Å². The standard InChI is InChI=1S/C13H24N4O3S/c1-4-6-11(10-20-3)17-21(18,19)12-8-15-13(16-9-12)14-7-5-2/h8-9,11,17H,4-7,10H2,1-3H3,(H,14,15,16). The molecule has 0 fully saturated rings. The summed E-state index contributed by atoms with van der Waals surface area (Å²) in [6.45, 7) is 5.11. The van der Waals surface area contributed by atoms with Gasteiger partial charge in [0.1, 0.15) is 4.90 Å². The fourth-order valence-electron chi connectivity index (χ4n) is 1.80. The van der Waals surface area contributed by atoms with Crippen molar-refractivity contribution in [3.8, 4) is 0 Å². The van der Waals surface area contributed by atoms with Crippen molar-refractivity contribution in [2.24, 2.45) is 0 Å². The average Bonchev–Trinajstić information content (AvgIpc) is 2.46. The molecule has 0 amide bonds. The highest BCUT2D eigenvalue weighted by Crippen LogP contribution is 2.10. The molecule has 21 heavy (non-hydrogen) atoms. The first-order chi connectivity index (χ1) is 10.0. The van der Waals surface area contributed by atoms with E-state index in [2.05, 4.69) is 20.0 Å². The molecule has 1 unspecified atom stereocenters. The maximum Gasteiger partial charge on any atom is 0.243 e. The van der Waals surface area contributed by atoms with Crippen LogP contribution >= 0.6 is 0 Å². The lowest BCUT2D eigenvalue weighted by Crippen LogP contribution is -2.38. The number of anilines is 1. The molecule has 0 saturated carbocycles. The summed E-state index contributed by atoms with van der Waals surface area (Å²) in [5.74, 6) is 0.429. The molecule has 0 saturated heterocycles. The summed E-state index contributed by atoms with van der Waals surface area (Å²) in [5.41, 5.74) is 0. The monoisotopic (exact) mass is 316 g/mol. The number of rotatable bonds is 10. The Bertz CT molecular complexity index is 499. The van der Waals surface area contributed by atoms with E-state index in [-0.39, 0.29) is 10.9 Å². The van der Waals surface area contributed by atoms with Crippen LogP contribution in [0.25, 0.3) is 0 Å². The van der Waals surface area contributed by atoms with Gasteiger partial charge in [-0.25, -0.2) is 23.1 Å². The van der Waals surface area contributed by atoms with Gasteiger partial charge in [-0.1, -0.05) is 20.3 Å². The highest BCUT2D eigenvalue weighted by atomic mass is 32.2. The molecule has 0 bridgehead atoms. The van der Waals surface area contributed by atoms with Gasteiger partial charge in [0.05, 0.1) is 19.0 Å². The van der Waals surface area contributed by atoms with E-state index in [1.54, 1.807) is 7.11 Å². The molecule has 1 aromatic heterocycles. The number of nitrogens with zero attached hydrogens (tertiary/aromatic N) is 2. The molecule has 0 aliphatic carbocycles. The lowest BCUT2D eigenvalue weighted by atomic mass is 10.2. The van der Waals surface area contributed by atoms with E-state index in [1.165, 1.54) is 12.4 Å². The SMILES string of the molecule is CCCNc1ncc(S(=O)(=O)NC(CCC)COC)cn1. The Morgan fingerprint density at radius 2 is 1.90 bits per heavy atom. The fraction of sp³-hybridized carbons (Fsp3) is 0.692. The zero-order valence-electron chi connectivity index (χ0n) is 12.8. The molecule has 120 valence electrons. The van der Waals surface area contributed by atoms with E-state index in [9.17, 15) is 8.42 Å². The van der Waals surface area contributed by atoms with E-state index < -0.39 is 10.0 Å².